The third-order valence-corrected chi connectivity index (χ3v) is 3.76. The SMILES string of the molecule is CC(C)(CO)[C@H](N)c1ccc(O[Si](C)(C)C)cc1.Cl. The number of nitrogens with two attached hydrogens (primary N) is 1. The normalized spacial score (nSPS) is 13.6. The molecule has 110 valence electrons. The summed E-state index contributed by atoms with van der Waals surface area (Å²) < 4.78 is 5.90. The summed E-state index contributed by atoms with van der Waals surface area (Å²) in [5, 5.41) is 9.33. The molecule has 0 amide bonds. The third kappa shape index (κ3) is 5.53. The molecular weight excluding hydrogens is 278 g/mol. The lowest BCUT2D eigenvalue weighted by Crippen LogP contribution is -2.32. The maximum Gasteiger partial charge on any atom is 0.242 e. The van der Waals surface area contributed by atoms with E-state index in [4.69, 9.17) is 10.2 Å². The van der Waals surface area contributed by atoms with Crippen molar-refractivity contribution in [1.82, 2.24) is 0 Å². The van der Waals surface area contributed by atoms with E-state index in [1.807, 2.05) is 38.1 Å². The minimum atomic E-state index is -1.56. The van der Waals surface area contributed by atoms with Crippen LogP contribution in [0.25, 0.3) is 0 Å². The molecular formula is C14H26ClNO2Si. The molecule has 0 saturated heterocycles. The Morgan fingerprint density at radius 3 is 2.05 bits per heavy atom. The molecule has 19 heavy (non-hydrogen) atoms. The highest BCUT2D eigenvalue weighted by molar-refractivity contribution is 6.70. The van der Waals surface area contributed by atoms with Crippen molar-refractivity contribution in [2.45, 2.75) is 39.5 Å². The molecule has 1 aromatic carbocycles. The van der Waals surface area contributed by atoms with Crippen molar-refractivity contribution in [1.29, 1.82) is 0 Å². The maximum absolute atomic E-state index is 9.33. The summed E-state index contributed by atoms with van der Waals surface area (Å²) in [6, 6.07) is 7.71. The van der Waals surface area contributed by atoms with E-state index in [9.17, 15) is 5.11 Å². The molecule has 0 bridgehead atoms. The molecule has 5 heteroatoms. The van der Waals surface area contributed by atoms with Crippen LogP contribution in [-0.4, -0.2) is 20.0 Å². The number of halogens is 1. The Kier molecular flexibility index (Phi) is 6.55. The van der Waals surface area contributed by atoms with Gasteiger partial charge in [-0.25, -0.2) is 0 Å². The van der Waals surface area contributed by atoms with E-state index in [2.05, 4.69) is 19.6 Å². The van der Waals surface area contributed by atoms with Crippen molar-refractivity contribution in [2.75, 3.05) is 6.61 Å². The first-order valence-electron chi connectivity index (χ1n) is 6.31. The Bertz CT molecular complexity index is 387. The van der Waals surface area contributed by atoms with E-state index < -0.39 is 8.32 Å². The summed E-state index contributed by atoms with van der Waals surface area (Å²) >= 11 is 0. The van der Waals surface area contributed by atoms with Gasteiger partial charge in [0.05, 0.1) is 0 Å². The summed E-state index contributed by atoms with van der Waals surface area (Å²) in [7, 11) is -1.56. The molecule has 0 radical (unpaired) electrons. The molecule has 1 aromatic rings. The average molecular weight is 304 g/mol. The van der Waals surface area contributed by atoms with Crippen LogP contribution < -0.4 is 10.2 Å². The Morgan fingerprint density at radius 1 is 1.21 bits per heavy atom. The van der Waals surface area contributed by atoms with E-state index in [1.165, 1.54) is 0 Å². The highest BCUT2D eigenvalue weighted by Gasteiger charge is 2.27. The van der Waals surface area contributed by atoms with Crippen molar-refractivity contribution in [3.8, 4) is 5.75 Å². The molecule has 1 atom stereocenters. The molecule has 0 spiro atoms. The lowest BCUT2D eigenvalue weighted by Gasteiger charge is -2.30. The summed E-state index contributed by atoms with van der Waals surface area (Å²) in [5.74, 6) is 0.895. The molecule has 0 heterocycles. The van der Waals surface area contributed by atoms with E-state index in [1.54, 1.807) is 0 Å². The van der Waals surface area contributed by atoms with Gasteiger partial charge in [0, 0.05) is 18.1 Å². The monoisotopic (exact) mass is 303 g/mol. The summed E-state index contributed by atoms with van der Waals surface area (Å²) in [4.78, 5) is 0. The zero-order chi connectivity index (χ0) is 14.0. The minimum absolute atomic E-state index is 0. The number of rotatable bonds is 5. The van der Waals surface area contributed by atoms with Gasteiger partial charge in [0.25, 0.3) is 0 Å². The number of benzene rings is 1. The largest absolute Gasteiger partial charge is 0.544 e. The lowest BCUT2D eigenvalue weighted by molar-refractivity contribution is 0.132. The Hall–Kier alpha value is -0.553. The topological polar surface area (TPSA) is 55.5 Å². The smallest absolute Gasteiger partial charge is 0.242 e. The Labute approximate surface area is 123 Å². The van der Waals surface area contributed by atoms with Crippen LogP contribution in [0.5, 0.6) is 5.75 Å². The van der Waals surface area contributed by atoms with Crippen LogP contribution in [0.1, 0.15) is 25.5 Å². The zero-order valence-electron chi connectivity index (χ0n) is 12.4. The van der Waals surface area contributed by atoms with Crippen molar-refractivity contribution < 1.29 is 9.53 Å². The molecule has 3 nitrogen and oxygen atoms in total. The maximum atomic E-state index is 9.33. The van der Waals surface area contributed by atoms with E-state index in [-0.39, 0.29) is 30.5 Å². The summed E-state index contributed by atoms with van der Waals surface area (Å²) in [5.41, 5.74) is 6.88. The van der Waals surface area contributed by atoms with E-state index in [0.29, 0.717) is 0 Å². The van der Waals surface area contributed by atoms with Gasteiger partial charge in [-0.15, -0.1) is 12.4 Å². The number of hydrogen-bond donors (Lipinski definition) is 2. The van der Waals surface area contributed by atoms with Crippen molar-refractivity contribution in [3.63, 3.8) is 0 Å². The van der Waals surface area contributed by atoms with E-state index in [0.717, 1.165) is 11.3 Å². The van der Waals surface area contributed by atoms with Crippen LogP contribution in [-0.2, 0) is 0 Å². The van der Waals surface area contributed by atoms with Gasteiger partial charge in [0.1, 0.15) is 5.75 Å². The first kappa shape index (κ1) is 18.4. The number of hydrogen-bond acceptors (Lipinski definition) is 3. The van der Waals surface area contributed by atoms with Crippen LogP contribution >= 0.6 is 12.4 Å². The second kappa shape index (κ2) is 6.75. The molecule has 3 N–H and O–H groups in total. The van der Waals surface area contributed by atoms with Crippen molar-refractivity contribution in [2.24, 2.45) is 11.1 Å². The highest BCUT2D eigenvalue weighted by Crippen LogP contribution is 2.31. The van der Waals surface area contributed by atoms with Crippen LogP contribution in [0.3, 0.4) is 0 Å². The second-order valence-electron chi connectivity index (χ2n) is 6.41. The van der Waals surface area contributed by atoms with Gasteiger partial charge >= 0.3 is 0 Å². The minimum Gasteiger partial charge on any atom is -0.544 e. The van der Waals surface area contributed by atoms with Crippen LogP contribution in [0.2, 0.25) is 19.6 Å². The van der Waals surface area contributed by atoms with Gasteiger partial charge in [-0.1, -0.05) is 26.0 Å². The molecule has 0 fully saturated rings. The Morgan fingerprint density at radius 2 is 1.68 bits per heavy atom. The standard InChI is InChI=1S/C14H25NO2Si.ClH/c1-14(2,10-16)13(15)11-6-8-12(9-7-11)17-18(3,4)5;/h6-9,13,16H,10,15H2,1-5H3;1H/t13-;/m1./s1. The third-order valence-electron chi connectivity index (χ3n) is 2.91. The molecule has 0 aliphatic rings. The number of aliphatic hydroxyl groups is 1. The van der Waals surface area contributed by atoms with Crippen LogP contribution in [0.15, 0.2) is 24.3 Å². The first-order chi connectivity index (χ1) is 8.15. The lowest BCUT2D eigenvalue weighted by atomic mass is 9.82. The van der Waals surface area contributed by atoms with Crippen LogP contribution in [0.4, 0.5) is 0 Å². The molecule has 0 saturated carbocycles. The molecule has 1 rings (SSSR count). The van der Waals surface area contributed by atoms with Crippen molar-refractivity contribution >= 4 is 20.7 Å². The highest BCUT2D eigenvalue weighted by atomic mass is 35.5. The number of aliphatic hydroxyl groups excluding tert-OH is 1. The van der Waals surface area contributed by atoms with Gasteiger partial charge in [0.15, 0.2) is 0 Å². The fourth-order valence-electron chi connectivity index (χ4n) is 1.65. The second-order valence-corrected chi connectivity index (χ2v) is 10.8. The molecule has 0 aliphatic carbocycles. The molecule has 0 aliphatic heterocycles. The molecule has 0 aromatic heterocycles. The first-order valence-corrected chi connectivity index (χ1v) is 9.72. The predicted molar refractivity (Wildman–Crippen MR) is 85.5 cm³/mol. The zero-order valence-corrected chi connectivity index (χ0v) is 14.3. The van der Waals surface area contributed by atoms with Crippen LogP contribution in [0, 0.1) is 5.41 Å². The van der Waals surface area contributed by atoms with Gasteiger partial charge in [-0.2, -0.15) is 0 Å². The fourth-order valence-corrected chi connectivity index (χ4v) is 2.49. The van der Waals surface area contributed by atoms with Gasteiger partial charge in [0.2, 0.25) is 8.32 Å². The molecule has 0 unspecified atom stereocenters. The van der Waals surface area contributed by atoms with Crippen molar-refractivity contribution in [3.05, 3.63) is 29.8 Å². The quantitative estimate of drug-likeness (QED) is 0.820. The Balaban J connectivity index is 0.00000324. The van der Waals surface area contributed by atoms with Gasteiger partial charge in [-0.3, -0.25) is 0 Å². The average Bonchev–Trinajstić information content (AvgIpc) is 2.27. The van der Waals surface area contributed by atoms with Gasteiger partial charge < -0.3 is 15.3 Å². The fraction of sp³-hybridized carbons (Fsp3) is 0.571. The summed E-state index contributed by atoms with van der Waals surface area (Å²) in [6.45, 7) is 10.5. The van der Waals surface area contributed by atoms with E-state index >= 15 is 0 Å². The summed E-state index contributed by atoms with van der Waals surface area (Å²) in [6.07, 6.45) is 0. The predicted octanol–water partition coefficient (Wildman–Crippen LogP) is 3.34. The van der Waals surface area contributed by atoms with Gasteiger partial charge in [-0.05, 0) is 37.3 Å².